The number of hydrogen-bond donors (Lipinski definition) is 0. The monoisotopic (exact) mass is 356 g/mol. The second kappa shape index (κ2) is 7.28. The molecule has 0 saturated heterocycles. The van der Waals surface area contributed by atoms with Crippen molar-refractivity contribution in [1.82, 2.24) is 9.55 Å². The van der Waals surface area contributed by atoms with E-state index >= 15 is 0 Å². The zero-order chi connectivity index (χ0) is 18.8. The molecule has 1 aliphatic rings. The second-order valence-electron chi connectivity index (χ2n) is 6.96. The summed E-state index contributed by atoms with van der Waals surface area (Å²) in [5.74, 6) is 0.786. The molecule has 136 valence electrons. The number of nitriles is 1. The average Bonchev–Trinajstić information content (AvgIpc) is 3.47. The maximum absolute atomic E-state index is 9.83. The van der Waals surface area contributed by atoms with Gasteiger partial charge in [0, 0.05) is 24.8 Å². The molecule has 0 N–H and O–H groups in total. The fourth-order valence-corrected chi connectivity index (χ4v) is 3.62. The zero-order valence-electron chi connectivity index (χ0n) is 15.9. The van der Waals surface area contributed by atoms with Gasteiger partial charge in [0.25, 0.3) is 0 Å². The Balaban J connectivity index is 1.73. The number of fused-ring (bicyclic) bond motifs is 1. The molecule has 4 heteroatoms. The van der Waals surface area contributed by atoms with Crippen molar-refractivity contribution in [3.05, 3.63) is 59.9 Å². The van der Waals surface area contributed by atoms with E-state index in [0.717, 1.165) is 48.4 Å². The fourth-order valence-electron chi connectivity index (χ4n) is 3.62. The third-order valence-electron chi connectivity index (χ3n) is 5.20. The SMILES string of the molecule is CCN(CC)c1ccc(/C=C(\C#N)c2nc3ccccc3n2C2CC2)cc1. The molecule has 4 nitrogen and oxygen atoms in total. The van der Waals surface area contributed by atoms with E-state index in [2.05, 4.69) is 59.7 Å². The maximum atomic E-state index is 9.83. The molecule has 0 radical (unpaired) electrons. The van der Waals surface area contributed by atoms with E-state index in [1.165, 1.54) is 5.69 Å². The van der Waals surface area contributed by atoms with Gasteiger partial charge in [-0.15, -0.1) is 0 Å². The van der Waals surface area contributed by atoms with E-state index in [-0.39, 0.29) is 0 Å². The Morgan fingerprint density at radius 1 is 1.15 bits per heavy atom. The molecule has 1 saturated carbocycles. The van der Waals surface area contributed by atoms with Crippen LogP contribution in [0.4, 0.5) is 5.69 Å². The molecule has 0 unspecified atom stereocenters. The number of para-hydroxylation sites is 2. The molecule has 1 fully saturated rings. The van der Waals surface area contributed by atoms with Gasteiger partial charge in [-0.05, 0) is 62.6 Å². The van der Waals surface area contributed by atoms with E-state index in [1.54, 1.807) is 0 Å². The Morgan fingerprint density at radius 2 is 1.85 bits per heavy atom. The van der Waals surface area contributed by atoms with Gasteiger partial charge >= 0.3 is 0 Å². The number of benzene rings is 2. The van der Waals surface area contributed by atoms with Crippen molar-refractivity contribution in [2.45, 2.75) is 32.7 Å². The van der Waals surface area contributed by atoms with Crippen molar-refractivity contribution < 1.29 is 0 Å². The van der Waals surface area contributed by atoms with Gasteiger partial charge in [-0.2, -0.15) is 5.26 Å². The highest BCUT2D eigenvalue weighted by atomic mass is 15.1. The lowest BCUT2D eigenvalue weighted by molar-refractivity contribution is 0.754. The molecule has 0 aliphatic heterocycles. The highest BCUT2D eigenvalue weighted by molar-refractivity contribution is 5.91. The molecule has 1 aromatic heterocycles. The molecule has 3 aromatic rings. The Bertz CT molecular complexity index is 1010. The van der Waals surface area contributed by atoms with E-state index in [4.69, 9.17) is 4.98 Å². The molecule has 0 bridgehead atoms. The van der Waals surface area contributed by atoms with Crippen LogP contribution in [0, 0.1) is 11.3 Å². The Labute approximate surface area is 160 Å². The van der Waals surface area contributed by atoms with E-state index in [1.807, 2.05) is 24.3 Å². The zero-order valence-corrected chi connectivity index (χ0v) is 15.9. The Morgan fingerprint density at radius 3 is 2.48 bits per heavy atom. The van der Waals surface area contributed by atoms with Gasteiger partial charge in [0.05, 0.1) is 16.6 Å². The topological polar surface area (TPSA) is 44.9 Å². The van der Waals surface area contributed by atoms with Gasteiger partial charge in [0.1, 0.15) is 6.07 Å². The Hall–Kier alpha value is -3.06. The number of nitrogens with zero attached hydrogens (tertiary/aromatic N) is 4. The summed E-state index contributed by atoms with van der Waals surface area (Å²) in [5.41, 5.74) is 4.93. The molecule has 0 atom stereocenters. The number of imidazole rings is 1. The summed E-state index contributed by atoms with van der Waals surface area (Å²) in [6.07, 6.45) is 4.27. The number of rotatable bonds is 6. The summed E-state index contributed by atoms with van der Waals surface area (Å²) in [7, 11) is 0. The summed E-state index contributed by atoms with van der Waals surface area (Å²) in [4.78, 5) is 7.09. The molecule has 1 aliphatic carbocycles. The van der Waals surface area contributed by atoms with Crippen LogP contribution in [0.5, 0.6) is 0 Å². The molecular formula is C23H24N4. The summed E-state index contributed by atoms with van der Waals surface area (Å²) in [6, 6.07) is 19.4. The molecule has 1 heterocycles. The number of anilines is 1. The van der Waals surface area contributed by atoms with E-state index < -0.39 is 0 Å². The van der Waals surface area contributed by atoms with Crippen molar-refractivity contribution in [2.75, 3.05) is 18.0 Å². The lowest BCUT2D eigenvalue weighted by atomic mass is 10.1. The normalized spacial score (nSPS) is 14.3. The average molecular weight is 356 g/mol. The highest BCUT2D eigenvalue weighted by Gasteiger charge is 2.29. The first-order valence-corrected chi connectivity index (χ1v) is 9.69. The van der Waals surface area contributed by atoms with Crippen molar-refractivity contribution in [3.63, 3.8) is 0 Å². The third kappa shape index (κ3) is 3.33. The van der Waals surface area contributed by atoms with Crippen LogP contribution < -0.4 is 4.90 Å². The molecule has 2 aromatic carbocycles. The second-order valence-corrected chi connectivity index (χ2v) is 6.96. The third-order valence-corrected chi connectivity index (χ3v) is 5.20. The van der Waals surface area contributed by atoms with Gasteiger partial charge in [0.15, 0.2) is 5.82 Å². The summed E-state index contributed by atoms with van der Waals surface area (Å²) < 4.78 is 2.24. The van der Waals surface area contributed by atoms with Gasteiger partial charge in [-0.25, -0.2) is 4.98 Å². The minimum Gasteiger partial charge on any atom is -0.372 e. The molecule has 0 amide bonds. The summed E-state index contributed by atoms with van der Waals surface area (Å²) in [6.45, 7) is 6.29. The van der Waals surface area contributed by atoms with E-state index in [0.29, 0.717) is 11.6 Å². The lowest BCUT2D eigenvalue weighted by Gasteiger charge is -2.20. The number of hydrogen-bond acceptors (Lipinski definition) is 3. The largest absolute Gasteiger partial charge is 0.372 e. The van der Waals surface area contributed by atoms with Gasteiger partial charge in [-0.3, -0.25) is 0 Å². The molecule has 27 heavy (non-hydrogen) atoms. The maximum Gasteiger partial charge on any atom is 0.152 e. The van der Waals surface area contributed by atoms with E-state index in [9.17, 15) is 5.26 Å². The smallest absolute Gasteiger partial charge is 0.152 e. The minimum absolute atomic E-state index is 0.467. The van der Waals surface area contributed by atoms with Crippen LogP contribution in [-0.4, -0.2) is 22.6 Å². The number of allylic oxidation sites excluding steroid dienone is 1. The van der Waals surface area contributed by atoms with Crippen molar-refractivity contribution in [2.24, 2.45) is 0 Å². The van der Waals surface area contributed by atoms with Crippen LogP contribution in [0.15, 0.2) is 48.5 Å². The standard InChI is InChI=1S/C23H24N4/c1-3-26(4-2)19-11-9-17(10-12-19)15-18(16-24)23-25-21-7-5-6-8-22(21)27(23)20-13-14-20/h5-12,15,20H,3-4,13-14H2,1-2H3/b18-15+. The van der Waals surface area contributed by atoms with Crippen LogP contribution in [0.2, 0.25) is 0 Å². The number of aromatic nitrogens is 2. The molecule has 0 spiro atoms. The predicted octanol–water partition coefficient (Wildman–Crippen LogP) is 5.28. The first kappa shape index (κ1) is 17.4. The van der Waals surface area contributed by atoms with Gasteiger partial charge in [-0.1, -0.05) is 24.3 Å². The molecular weight excluding hydrogens is 332 g/mol. The predicted molar refractivity (Wildman–Crippen MR) is 111 cm³/mol. The van der Waals surface area contributed by atoms with Gasteiger partial charge in [0.2, 0.25) is 0 Å². The van der Waals surface area contributed by atoms with Crippen LogP contribution in [-0.2, 0) is 0 Å². The fraction of sp³-hybridized carbons (Fsp3) is 0.304. The summed E-state index contributed by atoms with van der Waals surface area (Å²) in [5, 5.41) is 9.83. The van der Waals surface area contributed by atoms with Crippen LogP contribution >= 0.6 is 0 Å². The van der Waals surface area contributed by atoms with Crippen LogP contribution in [0.25, 0.3) is 22.7 Å². The van der Waals surface area contributed by atoms with Gasteiger partial charge < -0.3 is 9.47 Å². The van der Waals surface area contributed by atoms with Crippen molar-refractivity contribution in [3.8, 4) is 6.07 Å². The van der Waals surface area contributed by atoms with Crippen molar-refractivity contribution >= 4 is 28.4 Å². The first-order chi connectivity index (χ1) is 13.2. The van der Waals surface area contributed by atoms with Crippen LogP contribution in [0.3, 0.4) is 0 Å². The minimum atomic E-state index is 0.467. The molecule has 4 rings (SSSR count). The summed E-state index contributed by atoms with van der Waals surface area (Å²) >= 11 is 0. The van der Waals surface area contributed by atoms with Crippen molar-refractivity contribution in [1.29, 1.82) is 5.26 Å². The quantitative estimate of drug-likeness (QED) is 0.564. The Kier molecular flexibility index (Phi) is 4.68. The highest BCUT2D eigenvalue weighted by Crippen LogP contribution is 2.40. The van der Waals surface area contributed by atoms with Crippen LogP contribution in [0.1, 0.15) is 44.1 Å². The first-order valence-electron chi connectivity index (χ1n) is 9.69. The lowest BCUT2D eigenvalue weighted by Crippen LogP contribution is -2.21.